The van der Waals surface area contributed by atoms with Gasteiger partial charge in [0.05, 0.1) is 6.54 Å². The molecule has 1 heterocycles. The molecule has 4 atom stereocenters. The Morgan fingerprint density at radius 2 is 1.90 bits per heavy atom. The van der Waals surface area contributed by atoms with Crippen molar-refractivity contribution < 1.29 is 13.2 Å². The van der Waals surface area contributed by atoms with Gasteiger partial charge in [-0.2, -0.15) is 13.2 Å². The molecule has 2 fully saturated rings. The van der Waals surface area contributed by atoms with E-state index in [0.29, 0.717) is 31.0 Å². The van der Waals surface area contributed by atoms with Crippen LogP contribution in [0, 0.1) is 17.8 Å². The van der Waals surface area contributed by atoms with Gasteiger partial charge in [-0.25, -0.2) is 0 Å². The first-order valence-electron chi connectivity index (χ1n) is 7.86. The largest absolute Gasteiger partial charge is 0.401 e. The number of alkyl halides is 3. The SMILES string of the molecule is CC1CCC(C)C(NCC2CCN(CC(F)(F)F)C2)C1. The van der Waals surface area contributed by atoms with Crippen LogP contribution in [-0.2, 0) is 0 Å². The summed E-state index contributed by atoms with van der Waals surface area (Å²) in [7, 11) is 0. The normalized spacial score (nSPS) is 36.5. The summed E-state index contributed by atoms with van der Waals surface area (Å²) in [6, 6.07) is 0.551. The molecule has 5 heteroatoms. The van der Waals surface area contributed by atoms with Crippen LogP contribution in [0.4, 0.5) is 13.2 Å². The highest BCUT2D eigenvalue weighted by atomic mass is 19.4. The van der Waals surface area contributed by atoms with Gasteiger partial charge in [0.2, 0.25) is 0 Å². The van der Waals surface area contributed by atoms with Crippen LogP contribution in [0.3, 0.4) is 0 Å². The van der Waals surface area contributed by atoms with Gasteiger partial charge in [0.25, 0.3) is 0 Å². The third kappa shape index (κ3) is 4.92. The molecular weight excluding hydrogens is 265 g/mol. The van der Waals surface area contributed by atoms with E-state index in [4.69, 9.17) is 0 Å². The fourth-order valence-electron chi connectivity index (χ4n) is 3.61. The Morgan fingerprint density at radius 1 is 1.15 bits per heavy atom. The van der Waals surface area contributed by atoms with Crippen molar-refractivity contribution in [1.29, 1.82) is 0 Å². The van der Waals surface area contributed by atoms with Crippen molar-refractivity contribution in [2.45, 2.75) is 51.7 Å². The second-order valence-corrected chi connectivity index (χ2v) is 6.92. The standard InChI is InChI=1S/C15H27F3N2/c1-11-3-4-12(2)14(7-11)19-8-13-5-6-20(9-13)10-15(16,17)18/h11-14,19H,3-10H2,1-2H3. The van der Waals surface area contributed by atoms with Crippen molar-refractivity contribution in [3.8, 4) is 0 Å². The molecule has 0 aromatic heterocycles. The van der Waals surface area contributed by atoms with Crippen LogP contribution in [0.25, 0.3) is 0 Å². The average molecular weight is 292 g/mol. The molecular formula is C15H27F3N2. The lowest BCUT2D eigenvalue weighted by Gasteiger charge is -2.34. The van der Waals surface area contributed by atoms with Gasteiger partial charge >= 0.3 is 6.18 Å². The summed E-state index contributed by atoms with van der Waals surface area (Å²) >= 11 is 0. The highest BCUT2D eigenvalue weighted by molar-refractivity contribution is 4.84. The fourth-order valence-corrected chi connectivity index (χ4v) is 3.61. The Morgan fingerprint density at radius 3 is 2.60 bits per heavy atom. The molecule has 2 rings (SSSR count). The summed E-state index contributed by atoms with van der Waals surface area (Å²) in [5.41, 5.74) is 0. The van der Waals surface area contributed by atoms with E-state index < -0.39 is 12.7 Å². The minimum absolute atomic E-state index is 0.377. The zero-order chi connectivity index (χ0) is 14.8. The topological polar surface area (TPSA) is 15.3 Å². The van der Waals surface area contributed by atoms with Crippen LogP contribution in [0.15, 0.2) is 0 Å². The van der Waals surface area contributed by atoms with Gasteiger partial charge in [-0.05, 0) is 50.1 Å². The Kier molecular flexibility index (Phi) is 5.35. The number of halogens is 3. The molecule has 0 spiro atoms. The average Bonchev–Trinajstić information content (AvgIpc) is 2.75. The molecule has 0 aromatic rings. The maximum absolute atomic E-state index is 12.3. The third-order valence-corrected chi connectivity index (χ3v) is 4.90. The molecule has 20 heavy (non-hydrogen) atoms. The summed E-state index contributed by atoms with van der Waals surface area (Å²) in [6.07, 6.45) is 0.612. The molecule has 118 valence electrons. The fraction of sp³-hybridized carbons (Fsp3) is 1.00. The van der Waals surface area contributed by atoms with Crippen molar-refractivity contribution in [2.24, 2.45) is 17.8 Å². The minimum atomic E-state index is -4.06. The quantitative estimate of drug-likeness (QED) is 0.855. The van der Waals surface area contributed by atoms with Crippen LogP contribution >= 0.6 is 0 Å². The number of hydrogen-bond donors (Lipinski definition) is 1. The lowest BCUT2D eigenvalue weighted by molar-refractivity contribution is -0.143. The number of likely N-dealkylation sites (tertiary alicyclic amines) is 1. The first-order chi connectivity index (χ1) is 9.33. The smallest absolute Gasteiger partial charge is 0.313 e. The van der Waals surface area contributed by atoms with Crippen LogP contribution in [0.1, 0.15) is 39.5 Å². The molecule has 0 bridgehead atoms. The summed E-state index contributed by atoms with van der Waals surface area (Å²) in [6.45, 7) is 5.87. The van der Waals surface area contributed by atoms with Crippen molar-refractivity contribution in [3.05, 3.63) is 0 Å². The molecule has 4 unspecified atom stereocenters. The van der Waals surface area contributed by atoms with E-state index in [1.54, 1.807) is 4.90 Å². The summed E-state index contributed by atoms with van der Waals surface area (Å²) < 4.78 is 37.0. The van der Waals surface area contributed by atoms with E-state index in [9.17, 15) is 13.2 Å². The summed E-state index contributed by atoms with van der Waals surface area (Å²) in [5, 5.41) is 3.62. The van der Waals surface area contributed by atoms with Crippen LogP contribution < -0.4 is 5.32 Å². The molecule has 1 aliphatic carbocycles. The molecule has 1 aliphatic heterocycles. The number of nitrogens with one attached hydrogen (secondary N) is 1. The Hall–Kier alpha value is -0.290. The van der Waals surface area contributed by atoms with Gasteiger partial charge in [0, 0.05) is 12.6 Å². The molecule has 0 aromatic carbocycles. The van der Waals surface area contributed by atoms with Crippen molar-refractivity contribution in [1.82, 2.24) is 10.2 Å². The van der Waals surface area contributed by atoms with E-state index in [1.165, 1.54) is 19.3 Å². The van der Waals surface area contributed by atoms with Crippen LogP contribution in [0.2, 0.25) is 0 Å². The Labute approximate surface area is 120 Å². The van der Waals surface area contributed by atoms with Crippen molar-refractivity contribution >= 4 is 0 Å². The van der Waals surface area contributed by atoms with E-state index in [0.717, 1.165) is 18.9 Å². The lowest BCUT2D eigenvalue weighted by Crippen LogP contribution is -2.42. The lowest BCUT2D eigenvalue weighted by atomic mass is 9.80. The van der Waals surface area contributed by atoms with Crippen LogP contribution in [0.5, 0.6) is 0 Å². The van der Waals surface area contributed by atoms with Gasteiger partial charge in [-0.1, -0.05) is 20.3 Å². The number of hydrogen-bond acceptors (Lipinski definition) is 2. The highest BCUT2D eigenvalue weighted by Gasteiger charge is 2.34. The van der Waals surface area contributed by atoms with E-state index in [-0.39, 0.29) is 0 Å². The molecule has 2 aliphatic rings. The first kappa shape index (κ1) is 16.1. The van der Waals surface area contributed by atoms with Crippen molar-refractivity contribution in [3.63, 3.8) is 0 Å². The van der Waals surface area contributed by atoms with Gasteiger partial charge in [0.15, 0.2) is 0 Å². The number of rotatable bonds is 4. The molecule has 1 N–H and O–H groups in total. The maximum Gasteiger partial charge on any atom is 0.401 e. The minimum Gasteiger partial charge on any atom is -0.313 e. The van der Waals surface area contributed by atoms with Crippen molar-refractivity contribution in [2.75, 3.05) is 26.2 Å². The second-order valence-electron chi connectivity index (χ2n) is 6.92. The maximum atomic E-state index is 12.3. The predicted molar refractivity (Wildman–Crippen MR) is 74.6 cm³/mol. The predicted octanol–water partition coefficient (Wildman–Crippen LogP) is 3.28. The Bertz CT molecular complexity index is 306. The van der Waals surface area contributed by atoms with Gasteiger partial charge in [-0.15, -0.1) is 0 Å². The molecule has 0 radical (unpaired) electrons. The molecule has 0 amide bonds. The zero-order valence-electron chi connectivity index (χ0n) is 12.5. The Balaban J connectivity index is 1.70. The summed E-state index contributed by atoms with van der Waals surface area (Å²) in [5.74, 6) is 1.84. The van der Waals surface area contributed by atoms with Gasteiger partial charge in [0.1, 0.15) is 0 Å². The number of nitrogens with zero attached hydrogens (tertiary/aromatic N) is 1. The first-order valence-corrected chi connectivity index (χ1v) is 7.86. The van der Waals surface area contributed by atoms with E-state index in [2.05, 4.69) is 19.2 Å². The van der Waals surface area contributed by atoms with E-state index >= 15 is 0 Å². The molecule has 1 saturated carbocycles. The highest BCUT2D eigenvalue weighted by Crippen LogP contribution is 2.29. The van der Waals surface area contributed by atoms with Crippen LogP contribution in [-0.4, -0.2) is 43.3 Å². The molecule has 2 nitrogen and oxygen atoms in total. The monoisotopic (exact) mass is 292 g/mol. The van der Waals surface area contributed by atoms with E-state index in [1.807, 2.05) is 0 Å². The third-order valence-electron chi connectivity index (χ3n) is 4.90. The second kappa shape index (κ2) is 6.65. The zero-order valence-corrected chi connectivity index (χ0v) is 12.5. The van der Waals surface area contributed by atoms with Gasteiger partial charge < -0.3 is 5.32 Å². The molecule has 1 saturated heterocycles. The summed E-state index contributed by atoms with van der Waals surface area (Å²) in [4.78, 5) is 1.54. The van der Waals surface area contributed by atoms with Gasteiger partial charge in [-0.3, -0.25) is 4.90 Å².